The molecular weight excluding hydrogens is 359 g/mol. The first-order valence-electron chi connectivity index (χ1n) is 6.28. The molecule has 128 valence electrons. The quantitative estimate of drug-likeness (QED) is 0.659. The van der Waals surface area contributed by atoms with Crippen LogP contribution in [-0.4, -0.2) is 10.9 Å². The van der Waals surface area contributed by atoms with E-state index in [1.165, 1.54) is 0 Å². The molecule has 0 saturated heterocycles. The van der Waals surface area contributed by atoms with Crippen molar-refractivity contribution in [3.8, 4) is 0 Å². The molecule has 10 heteroatoms. The van der Waals surface area contributed by atoms with E-state index in [1.54, 1.807) is 5.48 Å². The lowest BCUT2D eigenvalue weighted by Gasteiger charge is -2.10. The van der Waals surface area contributed by atoms with Gasteiger partial charge in [-0.2, -0.15) is 13.2 Å². The van der Waals surface area contributed by atoms with Gasteiger partial charge in [-0.3, -0.25) is 14.6 Å². The zero-order valence-electron chi connectivity index (χ0n) is 11.6. The molecule has 0 fully saturated rings. The Kier molecular flexibility index (Phi) is 5.35. The molecule has 0 aliphatic heterocycles. The Bertz CT molecular complexity index is 747. The average molecular weight is 367 g/mol. The SMILES string of the molecule is O=C(NOCc1ncc(C(F)(F)F)cc1Cl)c1c(F)cccc1F. The second-order valence-corrected chi connectivity index (χ2v) is 4.87. The smallest absolute Gasteiger partial charge is 0.267 e. The standard InChI is InChI=1S/C14H8ClF5N2O2/c15-8-4-7(14(18,19)20)5-21-11(8)6-24-22-13(23)12-9(16)2-1-3-10(12)17/h1-5H,6H2,(H,22,23). The number of pyridine rings is 1. The molecule has 1 aromatic carbocycles. The summed E-state index contributed by atoms with van der Waals surface area (Å²) in [6.45, 7) is -0.501. The number of aromatic nitrogens is 1. The fourth-order valence-electron chi connectivity index (χ4n) is 1.66. The second-order valence-electron chi connectivity index (χ2n) is 4.47. The van der Waals surface area contributed by atoms with Crippen molar-refractivity contribution in [1.82, 2.24) is 10.5 Å². The maximum Gasteiger partial charge on any atom is 0.417 e. The summed E-state index contributed by atoms with van der Waals surface area (Å²) in [6, 6.07) is 3.48. The van der Waals surface area contributed by atoms with E-state index in [1.807, 2.05) is 0 Å². The van der Waals surface area contributed by atoms with E-state index in [0.29, 0.717) is 12.3 Å². The first-order chi connectivity index (χ1) is 11.2. The minimum atomic E-state index is -4.60. The topological polar surface area (TPSA) is 51.2 Å². The van der Waals surface area contributed by atoms with E-state index >= 15 is 0 Å². The van der Waals surface area contributed by atoms with Crippen LogP contribution in [0.5, 0.6) is 0 Å². The number of nitrogens with zero attached hydrogens (tertiary/aromatic N) is 1. The van der Waals surface area contributed by atoms with E-state index in [2.05, 4.69) is 4.98 Å². The van der Waals surface area contributed by atoms with Crippen LogP contribution >= 0.6 is 11.6 Å². The lowest BCUT2D eigenvalue weighted by Crippen LogP contribution is -2.26. The third-order valence-electron chi connectivity index (χ3n) is 2.81. The first-order valence-corrected chi connectivity index (χ1v) is 6.65. The number of carbonyl (C=O) groups is 1. The fourth-order valence-corrected chi connectivity index (χ4v) is 1.88. The van der Waals surface area contributed by atoms with Gasteiger partial charge in [0.15, 0.2) is 0 Å². The normalized spacial score (nSPS) is 11.4. The van der Waals surface area contributed by atoms with Gasteiger partial charge in [-0.25, -0.2) is 14.3 Å². The van der Waals surface area contributed by atoms with E-state index < -0.39 is 41.5 Å². The lowest BCUT2D eigenvalue weighted by atomic mass is 10.2. The van der Waals surface area contributed by atoms with Crippen LogP contribution in [0.1, 0.15) is 21.6 Å². The largest absolute Gasteiger partial charge is 0.417 e. The number of hydrogen-bond acceptors (Lipinski definition) is 3. The highest BCUT2D eigenvalue weighted by Crippen LogP contribution is 2.31. The zero-order chi connectivity index (χ0) is 17.9. The van der Waals surface area contributed by atoms with E-state index in [-0.39, 0.29) is 10.7 Å². The predicted octanol–water partition coefficient (Wildman–Crippen LogP) is 3.89. The Morgan fingerprint density at radius 3 is 2.42 bits per heavy atom. The van der Waals surface area contributed by atoms with Crippen LogP contribution in [0, 0.1) is 11.6 Å². The van der Waals surface area contributed by atoms with Gasteiger partial charge in [0.05, 0.1) is 16.3 Å². The van der Waals surface area contributed by atoms with Gasteiger partial charge >= 0.3 is 6.18 Å². The Morgan fingerprint density at radius 2 is 1.88 bits per heavy atom. The number of amides is 1. The highest BCUT2D eigenvalue weighted by molar-refractivity contribution is 6.31. The van der Waals surface area contributed by atoms with Crippen molar-refractivity contribution in [2.45, 2.75) is 12.8 Å². The molecule has 0 unspecified atom stereocenters. The third-order valence-corrected chi connectivity index (χ3v) is 3.14. The molecule has 0 spiro atoms. The van der Waals surface area contributed by atoms with Gasteiger partial charge < -0.3 is 0 Å². The Hall–Kier alpha value is -2.26. The molecule has 1 amide bonds. The summed E-state index contributed by atoms with van der Waals surface area (Å²) >= 11 is 5.64. The number of halogens is 6. The van der Waals surface area contributed by atoms with Crippen molar-refractivity contribution in [2.75, 3.05) is 0 Å². The predicted molar refractivity (Wildman–Crippen MR) is 72.9 cm³/mol. The number of hydrogen-bond donors (Lipinski definition) is 1. The monoisotopic (exact) mass is 366 g/mol. The van der Waals surface area contributed by atoms with Crippen molar-refractivity contribution in [3.63, 3.8) is 0 Å². The van der Waals surface area contributed by atoms with Crippen LogP contribution in [0.15, 0.2) is 30.5 Å². The molecule has 0 aliphatic carbocycles. The minimum absolute atomic E-state index is 0.0982. The number of hydroxylamine groups is 1. The summed E-state index contributed by atoms with van der Waals surface area (Å²) < 4.78 is 64.1. The third kappa shape index (κ3) is 4.18. The van der Waals surface area contributed by atoms with Crippen LogP contribution in [0.4, 0.5) is 22.0 Å². The van der Waals surface area contributed by atoms with E-state index in [4.69, 9.17) is 16.4 Å². The Balaban J connectivity index is 2.01. The van der Waals surface area contributed by atoms with Crippen LogP contribution in [0.2, 0.25) is 5.02 Å². The summed E-state index contributed by atoms with van der Waals surface area (Å²) in [5.41, 5.74) is -0.242. The number of alkyl halides is 3. The minimum Gasteiger partial charge on any atom is -0.267 e. The zero-order valence-corrected chi connectivity index (χ0v) is 12.4. The highest BCUT2D eigenvalue weighted by Gasteiger charge is 2.31. The van der Waals surface area contributed by atoms with Crippen molar-refractivity contribution >= 4 is 17.5 Å². The van der Waals surface area contributed by atoms with Crippen molar-refractivity contribution in [3.05, 3.63) is 63.9 Å². The molecule has 2 aromatic rings. The lowest BCUT2D eigenvalue weighted by molar-refractivity contribution is -0.137. The highest BCUT2D eigenvalue weighted by atomic mass is 35.5. The summed E-state index contributed by atoms with van der Waals surface area (Å²) in [5.74, 6) is -3.39. The molecular formula is C14H8ClF5N2O2. The Labute approximate surface area is 137 Å². The van der Waals surface area contributed by atoms with Crippen LogP contribution < -0.4 is 5.48 Å². The molecule has 24 heavy (non-hydrogen) atoms. The molecule has 0 radical (unpaired) electrons. The molecule has 0 aliphatic rings. The van der Waals surface area contributed by atoms with Gasteiger partial charge in [0.2, 0.25) is 0 Å². The molecule has 1 N–H and O–H groups in total. The van der Waals surface area contributed by atoms with Gasteiger partial charge in [-0.05, 0) is 18.2 Å². The Morgan fingerprint density at radius 1 is 1.25 bits per heavy atom. The van der Waals surface area contributed by atoms with E-state index in [9.17, 15) is 26.7 Å². The molecule has 0 atom stereocenters. The second kappa shape index (κ2) is 7.10. The summed E-state index contributed by atoms with van der Waals surface area (Å²) in [4.78, 5) is 19.8. The fraction of sp³-hybridized carbons (Fsp3) is 0.143. The van der Waals surface area contributed by atoms with Crippen molar-refractivity contribution in [2.24, 2.45) is 0 Å². The van der Waals surface area contributed by atoms with Crippen LogP contribution in [0.3, 0.4) is 0 Å². The molecule has 1 heterocycles. The van der Waals surface area contributed by atoms with Gasteiger partial charge in [0.1, 0.15) is 23.8 Å². The average Bonchev–Trinajstić information content (AvgIpc) is 2.47. The van der Waals surface area contributed by atoms with Crippen molar-refractivity contribution in [1.29, 1.82) is 0 Å². The molecule has 2 rings (SSSR count). The number of carbonyl (C=O) groups excluding carboxylic acids is 1. The van der Waals surface area contributed by atoms with Crippen molar-refractivity contribution < 1.29 is 31.6 Å². The van der Waals surface area contributed by atoms with Gasteiger partial charge in [0, 0.05) is 6.20 Å². The first kappa shape index (κ1) is 18.1. The summed E-state index contributed by atoms with van der Waals surface area (Å²) in [5, 5.41) is -0.337. The maximum atomic E-state index is 13.4. The van der Waals surface area contributed by atoms with Gasteiger partial charge in [-0.1, -0.05) is 17.7 Å². The van der Waals surface area contributed by atoms with Crippen LogP contribution in [0.25, 0.3) is 0 Å². The summed E-state index contributed by atoms with van der Waals surface area (Å²) in [7, 11) is 0. The molecule has 0 bridgehead atoms. The van der Waals surface area contributed by atoms with Gasteiger partial charge in [-0.15, -0.1) is 0 Å². The maximum absolute atomic E-state index is 13.4. The molecule has 1 aromatic heterocycles. The number of nitrogens with one attached hydrogen (secondary N) is 1. The summed E-state index contributed by atoms with van der Waals surface area (Å²) in [6.07, 6.45) is -4.06. The van der Waals surface area contributed by atoms with E-state index in [0.717, 1.165) is 18.2 Å². The molecule has 4 nitrogen and oxygen atoms in total. The number of benzene rings is 1. The molecule has 0 saturated carbocycles. The van der Waals surface area contributed by atoms with Gasteiger partial charge in [0.25, 0.3) is 5.91 Å². The van der Waals surface area contributed by atoms with Crippen LogP contribution in [-0.2, 0) is 17.6 Å². The number of rotatable bonds is 4.